The lowest BCUT2D eigenvalue weighted by Gasteiger charge is -2.37. The second-order valence-corrected chi connectivity index (χ2v) is 7.15. The summed E-state index contributed by atoms with van der Waals surface area (Å²) in [6.07, 6.45) is 1.24. The van der Waals surface area contributed by atoms with Gasteiger partial charge in [-0.15, -0.1) is 0 Å². The highest BCUT2D eigenvalue weighted by atomic mass is 19.1. The van der Waals surface area contributed by atoms with Crippen molar-refractivity contribution in [2.45, 2.75) is 46.7 Å². The summed E-state index contributed by atoms with van der Waals surface area (Å²) in [4.78, 5) is 4.75. The van der Waals surface area contributed by atoms with Crippen LogP contribution in [0.1, 0.15) is 41.0 Å². The topological polar surface area (TPSA) is 6.48 Å². The lowest BCUT2D eigenvalue weighted by atomic mass is 9.92. The quantitative estimate of drug-likeness (QED) is 0.750. The van der Waals surface area contributed by atoms with Gasteiger partial charge < -0.3 is 4.90 Å². The third kappa shape index (κ3) is 6.99. The molecule has 0 unspecified atom stereocenters. The predicted molar refractivity (Wildman–Crippen MR) is 72.1 cm³/mol. The maximum Gasteiger partial charge on any atom is 0.118 e. The van der Waals surface area contributed by atoms with Gasteiger partial charge in [-0.2, -0.15) is 0 Å². The molecule has 0 aromatic rings. The van der Waals surface area contributed by atoms with E-state index in [1.54, 1.807) is 13.8 Å². The highest BCUT2D eigenvalue weighted by Crippen LogP contribution is 2.19. The third-order valence-corrected chi connectivity index (χ3v) is 3.24. The molecule has 1 heterocycles. The van der Waals surface area contributed by atoms with Crippen LogP contribution in [0.5, 0.6) is 0 Å². The normalized spacial score (nSPS) is 20.8. The van der Waals surface area contributed by atoms with Gasteiger partial charge in [-0.25, -0.2) is 4.39 Å². The van der Waals surface area contributed by atoms with Crippen LogP contribution in [0.3, 0.4) is 0 Å². The lowest BCUT2D eigenvalue weighted by Crippen LogP contribution is -2.50. The van der Waals surface area contributed by atoms with Gasteiger partial charge in [0.15, 0.2) is 0 Å². The van der Waals surface area contributed by atoms with E-state index in [9.17, 15) is 4.39 Å². The van der Waals surface area contributed by atoms with Crippen molar-refractivity contribution in [3.8, 4) is 0 Å². The van der Waals surface area contributed by atoms with Crippen molar-refractivity contribution < 1.29 is 4.39 Å². The minimum atomic E-state index is -1.06. The molecule has 0 spiro atoms. The van der Waals surface area contributed by atoms with Crippen molar-refractivity contribution in [1.82, 2.24) is 9.80 Å². The molecule has 1 saturated heterocycles. The van der Waals surface area contributed by atoms with E-state index in [4.69, 9.17) is 0 Å². The minimum absolute atomic E-state index is 0.415. The van der Waals surface area contributed by atoms with E-state index in [0.717, 1.165) is 26.2 Å². The Hall–Kier alpha value is -0.150. The van der Waals surface area contributed by atoms with Gasteiger partial charge in [0.05, 0.1) is 0 Å². The van der Waals surface area contributed by atoms with Gasteiger partial charge in [0.25, 0.3) is 0 Å². The fraction of sp³-hybridized carbons (Fsp3) is 1.00. The van der Waals surface area contributed by atoms with Crippen LogP contribution in [0, 0.1) is 5.41 Å². The Bertz CT molecular complexity index is 219. The third-order valence-electron chi connectivity index (χ3n) is 3.24. The van der Waals surface area contributed by atoms with Crippen molar-refractivity contribution in [3.05, 3.63) is 0 Å². The van der Waals surface area contributed by atoms with Gasteiger partial charge in [0.1, 0.15) is 5.67 Å². The molecule has 1 fully saturated rings. The number of piperazine rings is 1. The fourth-order valence-electron chi connectivity index (χ4n) is 2.20. The molecule has 0 amide bonds. The Morgan fingerprint density at radius 1 is 0.882 bits per heavy atom. The average Bonchev–Trinajstić information content (AvgIpc) is 2.13. The zero-order valence-electron chi connectivity index (χ0n) is 12.2. The summed E-state index contributed by atoms with van der Waals surface area (Å²) in [5.41, 5.74) is -0.647. The van der Waals surface area contributed by atoms with Gasteiger partial charge >= 0.3 is 0 Å². The van der Waals surface area contributed by atoms with E-state index in [0.29, 0.717) is 12.0 Å². The van der Waals surface area contributed by atoms with Gasteiger partial charge in [0.2, 0.25) is 0 Å². The standard InChI is InChI=1S/C14H29FN2/c1-13(2,3)6-7-16-8-10-17(11-9-16)12-14(4,5)15/h6-12H2,1-5H3. The molecule has 1 aliphatic rings. The van der Waals surface area contributed by atoms with E-state index in [-0.39, 0.29) is 0 Å². The molecule has 0 bridgehead atoms. The zero-order chi connectivity index (χ0) is 13.1. The Morgan fingerprint density at radius 2 is 1.35 bits per heavy atom. The molecular formula is C14H29FN2. The van der Waals surface area contributed by atoms with E-state index in [2.05, 4.69) is 30.6 Å². The second-order valence-electron chi connectivity index (χ2n) is 7.15. The molecule has 1 aliphatic heterocycles. The number of rotatable bonds is 4. The van der Waals surface area contributed by atoms with Gasteiger partial charge in [-0.05, 0) is 32.2 Å². The molecule has 1 rings (SSSR count). The van der Waals surface area contributed by atoms with Crippen LogP contribution in [-0.2, 0) is 0 Å². The molecule has 102 valence electrons. The minimum Gasteiger partial charge on any atom is -0.301 e. The monoisotopic (exact) mass is 244 g/mol. The molecule has 0 aromatic carbocycles. The molecule has 0 N–H and O–H groups in total. The number of hydrogen-bond acceptors (Lipinski definition) is 2. The Balaban J connectivity index is 2.22. The lowest BCUT2D eigenvalue weighted by molar-refractivity contribution is 0.0718. The van der Waals surface area contributed by atoms with Crippen LogP contribution in [0.15, 0.2) is 0 Å². The van der Waals surface area contributed by atoms with Gasteiger partial charge in [-0.3, -0.25) is 4.90 Å². The van der Waals surface area contributed by atoms with E-state index >= 15 is 0 Å². The summed E-state index contributed by atoms with van der Waals surface area (Å²) in [6.45, 7) is 16.1. The van der Waals surface area contributed by atoms with E-state index in [1.807, 2.05) is 0 Å². The number of halogens is 1. The molecule has 0 saturated carbocycles. The molecule has 0 atom stereocenters. The molecular weight excluding hydrogens is 215 g/mol. The van der Waals surface area contributed by atoms with Crippen molar-refractivity contribution in [2.24, 2.45) is 5.41 Å². The predicted octanol–water partition coefficient (Wildman–Crippen LogP) is 2.79. The first kappa shape index (κ1) is 14.9. The van der Waals surface area contributed by atoms with E-state index in [1.165, 1.54) is 13.0 Å². The maximum absolute atomic E-state index is 13.5. The summed E-state index contributed by atoms with van der Waals surface area (Å²) in [6, 6.07) is 0. The first-order valence-electron chi connectivity index (χ1n) is 6.79. The van der Waals surface area contributed by atoms with Crippen molar-refractivity contribution >= 4 is 0 Å². The zero-order valence-corrected chi connectivity index (χ0v) is 12.2. The van der Waals surface area contributed by atoms with Gasteiger partial charge in [0, 0.05) is 32.7 Å². The van der Waals surface area contributed by atoms with Crippen molar-refractivity contribution in [1.29, 1.82) is 0 Å². The van der Waals surface area contributed by atoms with Crippen LogP contribution < -0.4 is 0 Å². The summed E-state index contributed by atoms with van der Waals surface area (Å²) in [5, 5.41) is 0. The Labute approximate surface area is 106 Å². The highest BCUT2D eigenvalue weighted by Gasteiger charge is 2.24. The van der Waals surface area contributed by atoms with Crippen LogP contribution in [0.25, 0.3) is 0 Å². The molecule has 0 radical (unpaired) electrons. The number of alkyl halides is 1. The summed E-state index contributed by atoms with van der Waals surface area (Å²) < 4.78 is 13.5. The number of nitrogens with zero attached hydrogens (tertiary/aromatic N) is 2. The Morgan fingerprint density at radius 3 is 1.76 bits per heavy atom. The molecule has 3 heteroatoms. The summed E-state index contributed by atoms with van der Waals surface area (Å²) in [7, 11) is 0. The van der Waals surface area contributed by atoms with Crippen LogP contribution in [0.4, 0.5) is 4.39 Å². The van der Waals surface area contributed by atoms with Gasteiger partial charge in [-0.1, -0.05) is 20.8 Å². The van der Waals surface area contributed by atoms with Crippen molar-refractivity contribution in [3.63, 3.8) is 0 Å². The first-order valence-corrected chi connectivity index (χ1v) is 6.79. The SMILES string of the molecule is CC(C)(C)CCN1CCN(CC(C)(C)F)CC1. The first-order chi connectivity index (χ1) is 7.66. The molecule has 17 heavy (non-hydrogen) atoms. The second kappa shape index (κ2) is 5.66. The number of hydrogen-bond donors (Lipinski definition) is 0. The smallest absolute Gasteiger partial charge is 0.118 e. The highest BCUT2D eigenvalue weighted by molar-refractivity contribution is 4.79. The van der Waals surface area contributed by atoms with Crippen LogP contribution >= 0.6 is 0 Å². The molecule has 2 nitrogen and oxygen atoms in total. The largest absolute Gasteiger partial charge is 0.301 e. The Kier molecular flexibility index (Phi) is 4.96. The molecule has 0 aliphatic carbocycles. The average molecular weight is 244 g/mol. The van der Waals surface area contributed by atoms with Crippen LogP contribution in [0.2, 0.25) is 0 Å². The summed E-state index contributed by atoms with van der Waals surface area (Å²) >= 11 is 0. The maximum atomic E-state index is 13.5. The van der Waals surface area contributed by atoms with Crippen LogP contribution in [-0.4, -0.2) is 54.7 Å². The van der Waals surface area contributed by atoms with E-state index < -0.39 is 5.67 Å². The molecule has 0 aromatic heterocycles. The fourth-order valence-corrected chi connectivity index (χ4v) is 2.20. The summed E-state index contributed by atoms with van der Waals surface area (Å²) in [5.74, 6) is 0. The van der Waals surface area contributed by atoms with Crippen molar-refractivity contribution in [2.75, 3.05) is 39.3 Å².